The number of nitrogens with zero attached hydrogens (tertiary/aromatic N) is 1. The molecule has 1 aromatic rings. The van der Waals surface area contributed by atoms with Crippen molar-refractivity contribution in [3.05, 3.63) is 29.3 Å². The summed E-state index contributed by atoms with van der Waals surface area (Å²) in [7, 11) is 0. The Kier molecular flexibility index (Phi) is 4.35. The van der Waals surface area contributed by atoms with Gasteiger partial charge < -0.3 is 10.2 Å². The normalized spacial score (nSPS) is 15.4. The number of hydrogen-bond acceptors (Lipinski definition) is 2. The Balaban J connectivity index is 1.98. The van der Waals surface area contributed by atoms with E-state index in [-0.39, 0.29) is 18.1 Å². The lowest BCUT2D eigenvalue weighted by Gasteiger charge is -2.27. The highest BCUT2D eigenvalue weighted by Crippen LogP contribution is 2.21. The van der Waals surface area contributed by atoms with Gasteiger partial charge in [-0.1, -0.05) is 6.07 Å². The number of carbonyl (C=O) groups is 1. The van der Waals surface area contributed by atoms with Crippen LogP contribution in [0.1, 0.15) is 24.8 Å². The molecular formula is C14H18F2N2O. The molecule has 1 aromatic carbocycles. The van der Waals surface area contributed by atoms with Gasteiger partial charge in [0.1, 0.15) is 11.5 Å². The van der Waals surface area contributed by atoms with Crippen molar-refractivity contribution >= 4 is 11.6 Å². The molecule has 1 fully saturated rings. The number of piperidine rings is 1. The van der Waals surface area contributed by atoms with Crippen LogP contribution >= 0.6 is 0 Å². The highest BCUT2D eigenvalue weighted by atomic mass is 19.1. The molecule has 5 heteroatoms. The molecule has 0 atom stereocenters. The van der Waals surface area contributed by atoms with E-state index in [0.717, 1.165) is 32.4 Å². The van der Waals surface area contributed by atoms with E-state index in [9.17, 15) is 13.6 Å². The van der Waals surface area contributed by atoms with Gasteiger partial charge >= 0.3 is 0 Å². The maximum atomic E-state index is 13.7. The summed E-state index contributed by atoms with van der Waals surface area (Å²) < 4.78 is 27.2. The summed E-state index contributed by atoms with van der Waals surface area (Å²) in [4.78, 5) is 13.6. The predicted octanol–water partition coefficient (Wildman–Crippen LogP) is 2.70. The number of benzene rings is 1. The SMILES string of the molecule is Cc1ccc(F)c(NCC(=O)N2CCCCC2)c1F. The van der Waals surface area contributed by atoms with Gasteiger partial charge in [-0.2, -0.15) is 0 Å². The average molecular weight is 268 g/mol. The second-order valence-corrected chi connectivity index (χ2v) is 4.85. The van der Waals surface area contributed by atoms with Gasteiger partial charge in [0.2, 0.25) is 5.91 Å². The van der Waals surface area contributed by atoms with E-state index in [1.807, 2.05) is 0 Å². The second-order valence-electron chi connectivity index (χ2n) is 4.85. The zero-order valence-electron chi connectivity index (χ0n) is 11.0. The Bertz CT molecular complexity index is 471. The van der Waals surface area contributed by atoms with Crippen LogP contribution in [0.3, 0.4) is 0 Å². The van der Waals surface area contributed by atoms with Crippen molar-refractivity contribution in [1.82, 2.24) is 4.90 Å². The maximum absolute atomic E-state index is 13.7. The maximum Gasteiger partial charge on any atom is 0.241 e. The molecule has 0 unspecified atom stereocenters. The van der Waals surface area contributed by atoms with Crippen LogP contribution in [0.25, 0.3) is 0 Å². The first-order chi connectivity index (χ1) is 9.09. The van der Waals surface area contributed by atoms with Gasteiger partial charge in [0.25, 0.3) is 0 Å². The molecule has 1 amide bonds. The van der Waals surface area contributed by atoms with Crippen molar-refractivity contribution < 1.29 is 13.6 Å². The zero-order valence-corrected chi connectivity index (χ0v) is 11.0. The molecule has 1 aliphatic rings. The fraction of sp³-hybridized carbons (Fsp3) is 0.500. The van der Waals surface area contributed by atoms with Crippen molar-refractivity contribution in [1.29, 1.82) is 0 Å². The van der Waals surface area contributed by atoms with Crippen LogP contribution in [0.2, 0.25) is 0 Å². The van der Waals surface area contributed by atoms with Crippen molar-refractivity contribution in [3.8, 4) is 0 Å². The van der Waals surface area contributed by atoms with Crippen LogP contribution in [-0.4, -0.2) is 30.4 Å². The number of amides is 1. The Morgan fingerprint density at radius 1 is 1.26 bits per heavy atom. The molecule has 1 saturated heterocycles. The number of carbonyl (C=O) groups excluding carboxylic acids is 1. The lowest BCUT2D eigenvalue weighted by Crippen LogP contribution is -2.39. The third-order valence-corrected chi connectivity index (χ3v) is 3.41. The molecule has 2 rings (SSSR count). The standard InChI is InChI=1S/C14H18F2N2O/c1-10-5-6-11(15)14(13(10)16)17-9-12(19)18-7-3-2-4-8-18/h5-6,17H,2-4,7-9H2,1H3. The summed E-state index contributed by atoms with van der Waals surface area (Å²) in [5.41, 5.74) is 0.139. The van der Waals surface area contributed by atoms with E-state index in [1.54, 1.807) is 11.8 Å². The number of anilines is 1. The van der Waals surface area contributed by atoms with Gasteiger partial charge in [0.15, 0.2) is 5.82 Å². The highest BCUT2D eigenvalue weighted by Gasteiger charge is 2.18. The third-order valence-electron chi connectivity index (χ3n) is 3.41. The molecule has 0 aliphatic carbocycles. The number of rotatable bonds is 3. The van der Waals surface area contributed by atoms with Crippen LogP contribution in [0, 0.1) is 18.6 Å². The van der Waals surface area contributed by atoms with Gasteiger partial charge in [0.05, 0.1) is 6.54 Å². The fourth-order valence-electron chi connectivity index (χ4n) is 2.24. The lowest BCUT2D eigenvalue weighted by molar-refractivity contribution is -0.130. The Morgan fingerprint density at radius 2 is 1.95 bits per heavy atom. The van der Waals surface area contributed by atoms with Gasteiger partial charge in [-0.25, -0.2) is 8.78 Å². The monoisotopic (exact) mass is 268 g/mol. The summed E-state index contributed by atoms with van der Waals surface area (Å²) in [6, 6.07) is 2.58. The first kappa shape index (κ1) is 13.8. The minimum atomic E-state index is -0.672. The Labute approximate surface area is 111 Å². The average Bonchev–Trinajstić information content (AvgIpc) is 2.44. The molecule has 19 heavy (non-hydrogen) atoms. The van der Waals surface area contributed by atoms with Gasteiger partial charge in [0, 0.05) is 13.1 Å². The van der Waals surface area contributed by atoms with Crippen LogP contribution in [-0.2, 0) is 4.79 Å². The van der Waals surface area contributed by atoms with Crippen molar-refractivity contribution in [2.75, 3.05) is 25.0 Å². The minimum Gasteiger partial charge on any atom is -0.371 e. The minimum absolute atomic E-state index is 0.0721. The first-order valence-corrected chi connectivity index (χ1v) is 6.56. The third kappa shape index (κ3) is 3.22. The number of aryl methyl sites for hydroxylation is 1. The zero-order chi connectivity index (χ0) is 13.8. The van der Waals surface area contributed by atoms with E-state index in [1.165, 1.54) is 12.1 Å². The largest absolute Gasteiger partial charge is 0.371 e. The quantitative estimate of drug-likeness (QED) is 0.914. The van der Waals surface area contributed by atoms with Crippen LogP contribution in [0.4, 0.5) is 14.5 Å². The Morgan fingerprint density at radius 3 is 2.63 bits per heavy atom. The number of nitrogens with one attached hydrogen (secondary N) is 1. The van der Waals surface area contributed by atoms with E-state index in [4.69, 9.17) is 0 Å². The van der Waals surface area contributed by atoms with Crippen molar-refractivity contribution in [2.24, 2.45) is 0 Å². The van der Waals surface area contributed by atoms with Crippen molar-refractivity contribution in [3.63, 3.8) is 0 Å². The van der Waals surface area contributed by atoms with Crippen LogP contribution in [0.5, 0.6) is 0 Å². The first-order valence-electron chi connectivity index (χ1n) is 6.56. The van der Waals surface area contributed by atoms with Gasteiger partial charge in [-0.3, -0.25) is 4.79 Å². The number of halogens is 2. The van der Waals surface area contributed by atoms with Gasteiger partial charge in [-0.05, 0) is 37.8 Å². The summed E-state index contributed by atoms with van der Waals surface area (Å²) >= 11 is 0. The molecule has 0 radical (unpaired) electrons. The van der Waals surface area contributed by atoms with Crippen LogP contribution < -0.4 is 5.32 Å². The fourth-order valence-corrected chi connectivity index (χ4v) is 2.24. The lowest BCUT2D eigenvalue weighted by atomic mass is 10.1. The van der Waals surface area contributed by atoms with E-state index >= 15 is 0 Å². The number of hydrogen-bond donors (Lipinski definition) is 1. The van der Waals surface area contributed by atoms with Gasteiger partial charge in [-0.15, -0.1) is 0 Å². The van der Waals surface area contributed by atoms with Crippen LogP contribution in [0.15, 0.2) is 12.1 Å². The molecule has 0 bridgehead atoms. The molecule has 0 aromatic heterocycles. The highest BCUT2D eigenvalue weighted by molar-refractivity contribution is 5.81. The molecule has 104 valence electrons. The predicted molar refractivity (Wildman–Crippen MR) is 70.0 cm³/mol. The molecular weight excluding hydrogens is 250 g/mol. The summed E-state index contributed by atoms with van der Waals surface area (Å²) in [5, 5.41) is 2.58. The molecule has 1 aliphatic heterocycles. The Hall–Kier alpha value is -1.65. The summed E-state index contributed by atoms with van der Waals surface area (Å²) in [6.45, 7) is 2.96. The summed E-state index contributed by atoms with van der Waals surface area (Å²) in [6.07, 6.45) is 3.14. The van der Waals surface area contributed by atoms with E-state index in [0.29, 0.717) is 5.56 Å². The summed E-state index contributed by atoms with van der Waals surface area (Å²) in [5.74, 6) is -1.42. The van der Waals surface area contributed by atoms with E-state index < -0.39 is 11.6 Å². The molecule has 0 spiro atoms. The molecule has 3 nitrogen and oxygen atoms in total. The number of likely N-dealkylation sites (tertiary alicyclic amines) is 1. The molecule has 0 saturated carbocycles. The topological polar surface area (TPSA) is 32.3 Å². The smallest absolute Gasteiger partial charge is 0.241 e. The van der Waals surface area contributed by atoms with E-state index in [2.05, 4.69) is 5.32 Å². The second kappa shape index (κ2) is 5.99. The molecule has 1 N–H and O–H groups in total. The van der Waals surface area contributed by atoms with Crippen molar-refractivity contribution in [2.45, 2.75) is 26.2 Å². The molecule has 1 heterocycles.